The number of benzene rings is 1. The molecule has 0 spiro atoms. The van der Waals surface area contributed by atoms with Crippen molar-refractivity contribution in [1.29, 1.82) is 0 Å². The number of ether oxygens (including phenoxy) is 1. The van der Waals surface area contributed by atoms with Gasteiger partial charge in [-0.3, -0.25) is 0 Å². The lowest BCUT2D eigenvalue weighted by molar-refractivity contribution is 0.210. The molecule has 1 atom stereocenters. The molecule has 1 aromatic carbocycles. The fourth-order valence-corrected chi connectivity index (χ4v) is 2.18. The third kappa shape index (κ3) is 2.54. The molecule has 3 heteroatoms. The van der Waals surface area contributed by atoms with Gasteiger partial charge in [0.25, 0.3) is 0 Å². The molecule has 1 unspecified atom stereocenters. The standard InChI is InChI=1S/C13H20N2O/c1-3-15-8-7-14-13(10-15)11-5-4-6-12(9-11)16-2/h4-6,9,13-14H,3,7-8,10H2,1-2H3. The minimum absolute atomic E-state index is 0.434. The van der Waals surface area contributed by atoms with Crippen LogP contribution in [0.15, 0.2) is 24.3 Å². The molecule has 16 heavy (non-hydrogen) atoms. The smallest absolute Gasteiger partial charge is 0.119 e. The Labute approximate surface area is 97.4 Å². The SMILES string of the molecule is CCN1CCNC(c2cccc(OC)c2)C1. The van der Waals surface area contributed by atoms with Crippen molar-refractivity contribution >= 4 is 0 Å². The number of methoxy groups -OCH3 is 1. The van der Waals surface area contributed by atoms with Crippen LogP contribution in [0.1, 0.15) is 18.5 Å². The highest BCUT2D eigenvalue weighted by molar-refractivity contribution is 5.31. The van der Waals surface area contributed by atoms with E-state index < -0.39 is 0 Å². The van der Waals surface area contributed by atoms with Crippen LogP contribution in [0, 0.1) is 0 Å². The molecule has 0 aliphatic carbocycles. The molecule has 0 radical (unpaired) electrons. The van der Waals surface area contributed by atoms with Gasteiger partial charge in [-0.05, 0) is 24.2 Å². The monoisotopic (exact) mass is 220 g/mol. The van der Waals surface area contributed by atoms with E-state index in [-0.39, 0.29) is 0 Å². The maximum absolute atomic E-state index is 5.26. The summed E-state index contributed by atoms with van der Waals surface area (Å²) in [5.74, 6) is 0.938. The van der Waals surface area contributed by atoms with Crippen molar-refractivity contribution in [2.24, 2.45) is 0 Å². The Balaban J connectivity index is 2.10. The fraction of sp³-hybridized carbons (Fsp3) is 0.538. The Hall–Kier alpha value is -1.06. The Kier molecular flexibility index (Phi) is 3.80. The fourth-order valence-electron chi connectivity index (χ4n) is 2.18. The minimum Gasteiger partial charge on any atom is -0.497 e. The zero-order valence-electron chi connectivity index (χ0n) is 10.1. The van der Waals surface area contributed by atoms with Gasteiger partial charge < -0.3 is 15.0 Å². The number of rotatable bonds is 3. The van der Waals surface area contributed by atoms with E-state index in [0.717, 1.165) is 31.9 Å². The molecule has 0 aromatic heterocycles. The number of hydrogen-bond donors (Lipinski definition) is 1. The third-order valence-electron chi connectivity index (χ3n) is 3.20. The number of hydrogen-bond acceptors (Lipinski definition) is 3. The normalized spacial score (nSPS) is 22.0. The maximum Gasteiger partial charge on any atom is 0.119 e. The van der Waals surface area contributed by atoms with Crippen LogP contribution in [0.2, 0.25) is 0 Å². The average Bonchev–Trinajstić information content (AvgIpc) is 2.39. The molecule has 1 fully saturated rings. The van der Waals surface area contributed by atoms with Crippen molar-refractivity contribution in [3.63, 3.8) is 0 Å². The van der Waals surface area contributed by atoms with Gasteiger partial charge in [-0.15, -0.1) is 0 Å². The summed E-state index contributed by atoms with van der Waals surface area (Å²) in [5, 5.41) is 3.55. The van der Waals surface area contributed by atoms with Gasteiger partial charge in [0.2, 0.25) is 0 Å². The van der Waals surface area contributed by atoms with Gasteiger partial charge in [-0.1, -0.05) is 19.1 Å². The summed E-state index contributed by atoms with van der Waals surface area (Å²) in [4.78, 5) is 2.47. The first-order chi connectivity index (χ1) is 7.83. The Morgan fingerprint density at radius 1 is 1.50 bits per heavy atom. The largest absolute Gasteiger partial charge is 0.497 e. The van der Waals surface area contributed by atoms with Crippen LogP contribution < -0.4 is 10.1 Å². The Morgan fingerprint density at radius 3 is 3.12 bits per heavy atom. The van der Waals surface area contributed by atoms with Gasteiger partial charge in [0.05, 0.1) is 7.11 Å². The van der Waals surface area contributed by atoms with E-state index in [9.17, 15) is 0 Å². The van der Waals surface area contributed by atoms with Crippen LogP contribution in [0.25, 0.3) is 0 Å². The van der Waals surface area contributed by atoms with Gasteiger partial charge in [0, 0.05) is 25.7 Å². The highest BCUT2D eigenvalue weighted by Gasteiger charge is 2.19. The second kappa shape index (κ2) is 5.32. The molecule has 1 aliphatic rings. The molecule has 1 aromatic rings. The third-order valence-corrected chi connectivity index (χ3v) is 3.20. The highest BCUT2D eigenvalue weighted by atomic mass is 16.5. The van der Waals surface area contributed by atoms with Crippen LogP contribution in [0.3, 0.4) is 0 Å². The van der Waals surface area contributed by atoms with E-state index >= 15 is 0 Å². The molecule has 0 bridgehead atoms. The van der Waals surface area contributed by atoms with Crippen LogP contribution >= 0.6 is 0 Å². The van der Waals surface area contributed by atoms with Crippen molar-refractivity contribution in [2.45, 2.75) is 13.0 Å². The zero-order chi connectivity index (χ0) is 11.4. The highest BCUT2D eigenvalue weighted by Crippen LogP contribution is 2.21. The predicted octanol–water partition coefficient (Wildman–Crippen LogP) is 1.66. The van der Waals surface area contributed by atoms with E-state index in [4.69, 9.17) is 4.74 Å². The molecule has 0 amide bonds. The van der Waals surface area contributed by atoms with Crippen LogP contribution in [0.5, 0.6) is 5.75 Å². The van der Waals surface area contributed by atoms with E-state index in [1.165, 1.54) is 5.56 Å². The lowest BCUT2D eigenvalue weighted by Gasteiger charge is -2.33. The number of nitrogens with zero attached hydrogens (tertiary/aromatic N) is 1. The van der Waals surface area contributed by atoms with E-state index in [2.05, 4.69) is 35.3 Å². The molecule has 1 aliphatic heterocycles. The second-order valence-corrected chi connectivity index (χ2v) is 4.18. The summed E-state index contributed by atoms with van der Waals surface area (Å²) in [6.45, 7) is 6.65. The molecule has 0 saturated carbocycles. The van der Waals surface area contributed by atoms with Crippen molar-refractivity contribution in [3.8, 4) is 5.75 Å². The summed E-state index contributed by atoms with van der Waals surface area (Å²) < 4.78 is 5.26. The van der Waals surface area contributed by atoms with Crippen molar-refractivity contribution < 1.29 is 4.74 Å². The summed E-state index contributed by atoms with van der Waals surface area (Å²) in [6.07, 6.45) is 0. The predicted molar refractivity (Wildman–Crippen MR) is 65.9 cm³/mol. The minimum atomic E-state index is 0.434. The number of nitrogens with one attached hydrogen (secondary N) is 1. The second-order valence-electron chi connectivity index (χ2n) is 4.18. The van der Waals surface area contributed by atoms with E-state index in [1.54, 1.807) is 7.11 Å². The van der Waals surface area contributed by atoms with Crippen molar-refractivity contribution in [3.05, 3.63) is 29.8 Å². The van der Waals surface area contributed by atoms with Gasteiger partial charge in [0.15, 0.2) is 0 Å². The van der Waals surface area contributed by atoms with Crippen LogP contribution in [0.4, 0.5) is 0 Å². The lowest BCUT2D eigenvalue weighted by atomic mass is 10.0. The van der Waals surface area contributed by atoms with Gasteiger partial charge in [-0.25, -0.2) is 0 Å². The lowest BCUT2D eigenvalue weighted by Crippen LogP contribution is -2.45. The Bertz CT molecular complexity index is 340. The Morgan fingerprint density at radius 2 is 2.38 bits per heavy atom. The van der Waals surface area contributed by atoms with Crippen LogP contribution in [-0.4, -0.2) is 38.2 Å². The zero-order valence-corrected chi connectivity index (χ0v) is 10.1. The van der Waals surface area contributed by atoms with Gasteiger partial charge in [-0.2, -0.15) is 0 Å². The quantitative estimate of drug-likeness (QED) is 0.838. The molecule has 1 N–H and O–H groups in total. The topological polar surface area (TPSA) is 24.5 Å². The van der Waals surface area contributed by atoms with Crippen LogP contribution in [-0.2, 0) is 0 Å². The molecular weight excluding hydrogens is 200 g/mol. The first kappa shape index (κ1) is 11.4. The van der Waals surface area contributed by atoms with Crippen molar-refractivity contribution in [1.82, 2.24) is 10.2 Å². The summed E-state index contributed by atoms with van der Waals surface area (Å²) in [5.41, 5.74) is 1.32. The number of piperazine rings is 1. The molecule has 88 valence electrons. The van der Waals surface area contributed by atoms with Crippen molar-refractivity contribution in [2.75, 3.05) is 33.3 Å². The molecular formula is C13H20N2O. The molecule has 1 heterocycles. The molecule has 1 saturated heterocycles. The first-order valence-corrected chi connectivity index (χ1v) is 5.93. The van der Waals surface area contributed by atoms with Gasteiger partial charge in [0.1, 0.15) is 5.75 Å². The average molecular weight is 220 g/mol. The van der Waals surface area contributed by atoms with Gasteiger partial charge >= 0.3 is 0 Å². The molecule has 2 rings (SSSR count). The molecule has 3 nitrogen and oxygen atoms in total. The summed E-state index contributed by atoms with van der Waals surface area (Å²) >= 11 is 0. The van der Waals surface area contributed by atoms with E-state index in [1.807, 2.05) is 6.07 Å². The first-order valence-electron chi connectivity index (χ1n) is 5.93. The van der Waals surface area contributed by atoms with E-state index in [0.29, 0.717) is 6.04 Å². The summed E-state index contributed by atoms with van der Waals surface area (Å²) in [6, 6.07) is 8.77. The maximum atomic E-state index is 5.26. The summed E-state index contributed by atoms with van der Waals surface area (Å²) in [7, 11) is 1.71. The number of likely N-dealkylation sites (N-methyl/N-ethyl adjacent to an activating group) is 1.